The summed E-state index contributed by atoms with van der Waals surface area (Å²) < 4.78 is 0. The molecule has 0 aliphatic rings. The Morgan fingerprint density at radius 1 is 1.15 bits per heavy atom. The van der Waals surface area contributed by atoms with Crippen molar-refractivity contribution in [2.24, 2.45) is 0 Å². The largest absolute Gasteiger partial charge is 0.387 e. The highest BCUT2D eigenvalue weighted by atomic mass is 32.2. The van der Waals surface area contributed by atoms with Crippen molar-refractivity contribution >= 4 is 22.5 Å². The first-order valence-corrected chi connectivity index (χ1v) is 8.40. The predicted molar refractivity (Wildman–Crippen MR) is 89.4 cm³/mol. The Hall–Kier alpha value is -1.03. The molecule has 20 heavy (non-hydrogen) atoms. The summed E-state index contributed by atoms with van der Waals surface area (Å²) in [6.07, 6.45) is 2.82. The van der Waals surface area contributed by atoms with Gasteiger partial charge in [0.15, 0.2) is 0 Å². The van der Waals surface area contributed by atoms with Gasteiger partial charge in [-0.15, -0.1) is 0 Å². The zero-order valence-electron chi connectivity index (χ0n) is 12.2. The Morgan fingerprint density at radius 2 is 1.90 bits per heavy atom. The van der Waals surface area contributed by atoms with E-state index in [9.17, 15) is 5.11 Å². The van der Waals surface area contributed by atoms with Gasteiger partial charge < -0.3 is 10.4 Å². The summed E-state index contributed by atoms with van der Waals surface area (Å²) in [5.41, 5.74) is 0.981. The molecule has 2 rings (SSSR count). The summed E-state index contributed by atoms with van der Waals surface area (Å²) in [5.74, 6) is 0. The van der Waals surface area contributed by atoms with Gasteiger partial charge in [0.1, 0.15) is 0 Å². The number of fused-ring (bicyclic) bond motifs is 1. The van der Waals surface area contributed by atoms with E-state index in [1.807, 2.05) is 30.0 Å². The molecule has 0 spiro atoms. The van der Waals surface area contributed by atoms with Crippen LogP contribution in [0, 0.1) is 0 Å². The Balaban J connectivity index is 1.89. The van der Waals surface area contributed by atoms with Crippen molar-refractivity contribution in [3.8, 4) is 0 Å². The molecular weight excluding hydrogens is 266 g/mol. The van der Waals surface area contributed by atoms with Crippen molar-refractivity contribution in [2.75, 3.05) is 19.3 Å². The van der Waals surface area contributed by atoms with Crippen LogP contribution in [0.5, 0.6) is 0 Å². The van der Waals surface area contributed by atoms with Crippen LogP contribution in [0.25, 0.3) is 10.8 Å². The average Bonchev–Trinajstić information content (AvgIpc) is 2.50. The molecule has 0 saturated carbocycles. The molecule has 3 heteroatoms. The Kier molecular flexibility index (Phi) is 5.89. The zero-order chi connectivity index (χ0) is 14.4. The van der Waals surface area contributed by atoms with E-state index in [1.165, 1.54) is 10.8 Å². The van der Waals surface area contributed by atoms with Crippen molar-refractivity contribution in [1.82, 2.24) is 5.32 Å². The normalized spacial score (nSPS) is 14.3. The average molecular weight is 289 g/mol. The molecule has 108 valence electrons. The van der Waals surface area contributed by atoms with E-state index >= 15 is 0 Å². The molecule has 2 aromatic rings. The molecule has 2 atom stereocenters. The monoisotopic (exact) mass is 289 g/mol. The summed E-state index contributed by atoms with van der Waals surface area (Å²) >= 11 is 1.88. The van der Waals surface area contributed by atoms with E-state index < -0.39 is 6.10 Å². The van der Waals surface area contributed by atoms with Gasteiger partial charge in [-0.2, -0.15) is 11.8 Å². The van der Waals surface area contributed by atoms with Crippen LogP contribution < -0.4 is 5.32 Å². The number of thioether (sulfide) groups is 1. The van der Waals surface area contributed by atoms with E-state index in [4.69, 9.17) is 0 Å². The minimum Gasteiger partial charge on any atom is -0.387 e. The second-order valence-corrected chi connectivity index (χ2v) is 6.44. The van der Waals surface area contributed by atoms with Crippen LogP contribution in [-0.2, 0) is 0 Å². The molecule has 0 fully saturated rings. The van der Waals surface area contributed by atoms with Gasteiger partial charge in [0.2, 0.25) is 0 Å². The van der Waals surface area contributed by atoms with Crippen LogP contribution in [-0.4, -0.2) is 29.7 Å². The maximum absolute atomic E-state index is 10.2. The lowest BCUT2D eigenvalue weighted by molar-refractivity contribution is 0.175. The van der Waals surface area contributed by atoms with Gasteiger partial charge in [-0.05, 0) is 41.6 Å². The maximum atomic E-state index is 10.2. The number of hydrogen-bond donors (Lipinski definition) is 2. The standard InChI is InChI=1S/C17H23NOS/c1-13(20-2)9-10-18-12-17(19)16-8-7-14-5-3-4-6-15(14)11-16/h3-8,11,13,17-19H,9-10,12H2,1-2H3. The van der Waals surface area contributed by atoms with E-state index in [1.54, 1.807) is 0 Å². The molecule has 2 N–H and O–H groups in total. The molecule has 0 aromatic heterocycles. The third-order valence-corrected chi connectivity index (χ3v) is 4.67. The summed E-state index contributed by atoms with van der Waals surface area (Å²) in [4.78, 5) is 0. The number of nitrogens with one attached hydrogen (secondary N) is 1. The highest BCUT2D eigenvalue weighted by Crippen LogP contribution is 2.20. The number of benzene rings is 2. The van der Waals surface area contributed by atoms with Crippen molar-refractivity contribution in [2.45, 2.75) is 24.7 Å². The zero-order valence-corrected chi connectivity index (χ0v) is 13.0. The van der Waals surface area contributed by atoms with Crippen molar-refractivity contribution in [3.63, 3.8) is 0 Å². The van der Waals surface area contributed by atoms with Crippen LogP contribution in [0.3, 0.4) is 0 Å². The predicted octanol–water partition coefficient (Wildman–Crippen LogP) is 3.60. The first-order chi connectivity index (χ1) is 9.70. The van der Waals surface area contributed by atoms with Gasteiger partial charge >= 0.3 is 0 Å². The van der Waals surface area contributed by atoms with Crippen molar-refractivity contribution in [3.05, 3.63) is 48.0 Å². The van der Waals surface area contributed by atoms with E-state index in [-0.39, 0.29) is 0 Å². The number of aliphatic hydroxyl groups excluding tert-OH is 1. The van der Waals surface area contributed by atoms with Gasteiger partial charge in [-0.3, -0.25) is 0 Å². The second-order valence-electron chi connectivity index (χ2n) is 5.16. The Morgan fingerprint density at radius 3 is 2.65 bits per heavy atom. The molecule has 0 aliphatic heterocycles. The van der Waals surface area contributed by atoms with Crippen LogP contribution in [0.4, 0.5) is 0 Å². The molecule has 0 bridgehead atoms. The number of hydrogen-bond acceptors (Lipinski definition) is 3. The van der Waals surface area contributed by atoms with Crippen molar-refractivity contribution in [1.29, 1.82) is 0 Å². The minimum atomic E-state index is -0.441. The molecule has 2 nitrogen and oxygen atoms in total. The van der Waals surface area contributed by atoms with Gasteiger partial charge in [-0.1, -0.05) is 43.3 Å². The third-order valence-electron chi connectivity index (χ3n) is 3.63. The second kappa shape index (κ2) is 7.67. The van der Waals surface area contributed by atoms with Crippen LogP contribution in [0.2, 0.25) is 0 Å². The minimum absolute atomic E-state index is 0.441. The molecular formula is C17H23NOS. The first kappa shape index (κ1) is 15.4. The summed E-state index contributed by atoms with van der Waals surface area (Å²) in [6, 6.07) is 14.4. The topological polar surface area (TPSA) is 32.3 Å². The van der Waals surface area contributed by atoms with E-state index in [2.05, 4.69) is 42.8 Å². The number of rotatable bonds is 7. The Labute approximate surface area is 125 Å². The quantitative estimate of drug-likeness (QED) is 0.764. The lowest BCUT2D eigenvalue weighted by Gasteiger charge is -2.14. The molecule has 2 unspecified atom stereocenters. The van der Waals surface area contributed by atoms with Gasteiger partial charge in [0, 0.05) is 11.8 Å². The molecule has 2 aromatic carbocycles. The summed E-state index contributed by atoms with van der Waals surface area (Å²) in [7, 11) is 0. The molecule has 0 saturated heterocycles. The van der Waals surface area contributed by atoms with Crippen LogP contribution in [0.1, 0.15) is 25.0 Å². The number of aliphatic hydroxyl groups is 1. The Bertz CT molecular complexity index is 543. The van der Waals surface area contributed by atoms with E-state index in [0.29, 0.717) is 11.8 Å². The first-order valence-electron chi connectivity index (χ1n) is 7.11. The fourth-order valence-electron chi connectivity index (χ4n) is 2.19. The SMILES string of the molecule is CSC(C)CCNCC(O)c1ccc2ccccc2c1. The van der Waals surface area contributed by atoms with Crippen LogP contribution >= 0.6 is 11.8 Å². The van der Waals surface area contributed by atoms with Crippen molar-refractivity contribution < 1.29 is 5.11 Å². The fraction of sp³-hybridized carbons (Fsp3) is 0.412. The smallest absolute Gasteiger partial charge is 0.0914 e. The summed E-state index contributed by atoms with van der Waals surface area (Å²) in [6.45, 7) is 3.79. The fourth-order valence-corrected chi connectivity index (χ4v) is 2.55. The molecule has 0 amide bonds. The van der Waals surface area contributed by atoms with Crippen LogP contribution in [0.15, 0.2) is 42.5 Å². The third kappa shape index (κ3) is 4.23. The van der Waals surface area contributed by atoms with Gasteiger partial charge in [0.25, 0.3) is 0 Å². The maximum Gasteiger partial charge on any atom is 0.0914 e. The molecule has 0 radical (unpaired) electrons. The van der Waals surface area contributed by atoms with Gasteiger partial charge in [0.05, 0.1) is 6.10 Å². The van der Waals surface area contributed by atoms with Gasteiger partial charge in [-0.25, -0.2) is 0 Å². The molecule has 0 heterocycles. The highest BCUT2D eigenvalue weighted by Gasteiger charge is 2.08. The molecule has 0 aliphatic carbocycles. The van der Waals surface area contributed by atoms with E-state index in [0.717, 1.165) is 18.5 Å². The lowest BCUT2D eigenvalue weighted by atomic mass is 10.0. The highest BCUT2D eigenvalue weighted by molar-refractivity contribution is 7.99. The summed E-state index contributed by atoms with van der Waals surface area (Å²) in [5, 5.41) is 16.6. The lowest BCUT2D eigenvalue weighted by Crippen LogP contribution is -2.24.